The van der Waals surface area contributed by atoms with E-state index in [1.165, 1.54) is 0 Å². The van der Waals surface area contributed by atoms with Gasteiger partial charge >= 0.3 is 0 Å². The summed E-state index contributed by atoms with van der Waals surface area (Å²) < 4.78 is 12.3. The highest BCUT2D eigenvalue weighted by Crippen LogP contribution is 2.59. The Hall–Kier alpha value is -3.66. The van der Waals surface area contributed by atoms with Crippen LogP contribution in [-0.4, -0.2) is 78.3 Å². The molecule has 3 aliphatic rings. The highest BCUT2D eigenvalue weighted by molar-refractivity contribution is 6.34. The van der Waals surface area contributed by atoms with Crippen LogP contribution in [0.15, 0.2) is 67.8 Å². The van der Waals surface area contributed by atoms with Gasteiger partial charge < -0.3 is 29.3 Å². The van der Waals surface area contributed by atoms with E-state index in [9.17, 15) is 19.5 Å². The second-order valence-corrected chi connectivity index (χ2v) is 12.6. The number of ether oxygens (including phenoxy) is 2. The van der Waals surface area contributed by atoms with Crippen molar-refractivity contribution >= 4 is 40.7 Å². The number of nitrogens with zero attached hydrogens (tertiary/aromatic N) is 3. The number of hydrogen-bond acceptors (Lipinski definition) is 6. The fourth-order valence-electron chi connectivity index (χ4n) is 7.58. The van der Waals surface area contributed by atoms with Crippen molar-refractivity contribution in [3.63, 3.8) is 0 Å². The lowest BCUT2D eigenvalue weighted by Crippen LogP contribution is -2.57. The molecule has 46 heavy (non-hydrogen) atoms. The number of unbranched alkanes of at least 4 members (excludes halogenated alkanes) is 2. The number of hydrogen-bond donors (Lipinski definition) is 1. The minimum atomic E-state index is -1.16. The van der Waals surface area contributed by atoms with Crippen molar-refractivity contribution in [2.75, 3.05) is 42.6 Å². The highest BCUT2D eigenvalue weighted by atomic mass is 35.5. The molecule has 3 aliphatic heterocycles. The van der Waals surface area contributed by atoms with Crippen molar-refractivity contribution in [1.82, 2.24) is 4.90 Å². The van der Waals surface area contributed by atoms with Crippen LogP contribution in [0.2, 0.25) is 5.02 Å². The minimum absolute atomic E-state index is 0.0494. The molecule has 0 radical (unpaired) electrons. The number of para-hydroxylation sites is 1. The van der Waals surface area contributed by atoms with E-state index in [0.717, 1.165) is 5.56 Å². The molecule has 3 heterocycles. The van der Waals surface area contributed by atoms with Crippen molar-refractivity contribution in [2.45, 2.75) is 63.7 Å². The van der Waals surface area contributed by atoms with Gasteiger partial charge in [-0.05, 0) is 81.8 Å². The number of aliphatic hydroxyl groups excluding tert-OH is 1. The molecule has 0 aromatic heterocycles. The fraction of sp³-hybridized carbons (Fsp3) is 0.472. The van der Waals surface area contributed by atoms with Gasteiger partial charge in [-0.25, -0.2) is 0 Å². The number of fused-ring (bicyclic) bond motifs is 1. The predicted molar refractivity (Wildman–Crippen MR) is 179 cm³/mol. The summed E-state index contributed by atoms with van der Waals surface area (Å²) in [6, 6.07) is 11.8. The molecule has 1 spiro atoms. The van der Waals surface area contributed by atoms with Crippen LogP contribution in [0.25, 0.3) is 0 Å². The molecule has 3 saturated heterocycles. The van der Waals surface area contributed by atoms with Crippen LogP contribution in [0.1, 0.15) is 44.6 Å². The molecule has 5 atom stereocenters. The minimum Gasteiger partial charge on any atom is -0.494 e. The van der Waals surface area contributed by atoms with Crippen molar-refractivity contribution in [3.8, 4) is 5.75 Å². The number of anilines is 2. The molecule has 2 aromatic carbocycles. The second kappa shape index (κ2) is 14.4. The third-order valence-electron chi connectivity index (χ3n) is 9.45. The Balaban J connectivity index is 1.54. The molecular weight excluding hydrogens is 606 g/mol. The van der Waals surface area contributed by atoms with Gasteiger partial charge in [-0.2, -0.15) is 0 Å². The first-order valence-electron chi connectivity index (χ1n) is 16.2. The lowest BCUT2D eigenvalue weighted by molar-refractivity contribution is -0.140. The monoisotopic (exact) mass is 649 g/mol. The third-order valence-corrected chi connectivity index (χ3v) is 9.75. The summed E-state index contributed by atoms with van der Waals surface area (Å²) in [6.45, 7) is 12.9. The third kappa shape index (κ3) is 5.96. The molecule has 5 rings (SSSR count). The maximum Gasteiger partial charge on any atom is 0.253 e. The van der Waals surface area contributed by atoms with Crippen molar-refractivity contribution in [3.05, 3.63) is 78.4 Å². The van der Waals surface area contributed by atoms with E-state index in [1.807, 2.05) is 50.2 Å². The van der Waals surface area contributed by atoms with Crippen LogP contribution in [0.3, 0.4) is 0 Å². The Bertz CT molecular complexity index is 1440. The highest BCUT2D eigenvalue weighted by Gasteiger charge is 2.75. The maximum atomic E-state index is 14.8. The van der Waals surface area contributed by atoms with Gasteiger partial charge in [0.1, 0.15) is 17.4 Å². The number of carbonyl (C=O) groups is 3. The molecule has 1 N–H and O–H groups in total. The summed E-state index contributed by atoms with van der Waals surface area (Å²) >= 11 is 6.67. The summed E-state index contributed by atoms with van der Waals surface area (Å²) in [5.74, 6) is -1.67. The molecule has 9 nitrogen and oxygen atoms in total. The van der Waals surface area contributed by atoms with Gasteiger partial charge in [0.25, 0.3) is 5.91 Å². The van der Waals surface area contributed by atoms with Gasteiger partial charge in [-0.1, -0.05) is 35.9 Å². The van der Waals surface area contributed by atoms with Gasteiger partial charge in [0.2, 0.25) is 11.8 Å². The van der Waals surface area contributed by atoms with Crippen LogP contribution in [0, 0.1) is 18.8 Å². The van der Waals surface area contributed by atoms with E-state index in [4.69, 9.17) is 21.1 Å². The maximum absolute atomic E-state index is 14.8. The Labute approximate surface area is 276 Å². The smallest absolute Gasteiger partial charge is 0.253 e. The fourth-order valence-corrected chi connectivity index (χ4v) is 7.90. The van der Waals surface area contributed by atoms with Gasteiger partial charge in [0.15, 0.2) is 0 Å². The Morgan fingerprint density at radius 2 is 1.80 bits per heavy atom. The van der Waals surface area contributed by atoms with Crippen LogP contribution in [0.5, 0.6) is 5.75 Å². The number of carbonyl (C=O) groups excluding carboxylic acids is 3. The number of aliphatic hydroxyl groups is 1. The molecule has 0 saturated carbocycles. The predicted octanol–water partition coefficient (Wildman–Crippen LogP) is 5.32. The zero-order chi connectivity index (χ0) is 33.0. The lowest BCUT2D eigenvalue weighted by Gasteiger charge is -2.37. The van der Waals surface area contributed by atoms with E-state index in [0.29, 0.717) is 67.4 Å². The average molecular weight is 650 g/mol. The molecule has 10 heteroatoms. The number of halogens is 1. The first kappa shape index (κ1) is 33.7. The molecule has 2 unspecified atom stereocenters. The molecule has 2 bridgehead atoms. The zero-order valence-corrected chi connectivity index (χ0v) is 27.5. The first-order chi connectivity index (χ1) is 22.2. The van der Waals surface area contributed by atoms with E-state index in [2.05, 4.69) is 13.2 Å². The van der Waals surface area contributed by atoms with Crippen molar-refractivity contribution in [1.29, 1.82) is 0 Å². The van der Waals surface area contributed by atoms with Gasteiger partial charge in [-0.15, -0.1) is 13.2 Å². The number of aryl methyl sites for hydroxylation is 1. The van der Waals surface area contributed by atoms with Gasteiger partial charge in [-0.3, -0.25) is 14.4 Å². The molecule has 2 aromatic rings. The van der Waals surface area contributed by atoms with Crippen LogP contribution in [0.4, 0.5) is 11.4 Å². The Morgan fingerprint density at radius 1 is 1.09 bits per heavy atom. The number of benzene rings is 2. The number of amides is 3. The molecule has 0 aliphatic carbocycles. The summed E-state index contributed by atoms with van der Waals surface area (Å²) in [6.07, 6.45) is 5.72. The Kier molecular flexibility index (Phi) is 10.6. The van der Waals surface area contributed by atoms with E-state index in [1.54, 1.807) is 32.9 Å². The second-order valence-electron chi connectivity index (χ2n) is 12.2. The van der Waals surface area contributed by atoms with Crippen LogP contribution < -0.4 is 14.5 Å². The first-order valence-corrected chi connectivity index (χ1v) is 16.5. The molecular formula is C36H44ClN3O6. The van der Waals surface area contributed by atoms with Gasteiger partial charge in [0.05, 0.1) is 35.3 Å². The zero-order valence-electron chi connectivity index (χ0n) is 26.7. The van der Waals surface area contributed by atoms with Crippen molar-refractivity contribution in [2.24, 2.45) is 11.8 Å². The van der Waals surface area contributed by atoms with Crippen molar-refractivity contribution < 1.29 is 29.0 Å². The molecule has 3 amide bonds. The normalized spacial score (nSPS) is 24.5. The topological polar surface area (TPSA) is 99.6 Å². The largest absolute Gasteiger partial charge is 0.494 e. The number of likely N-dealkylation sites (tertiary alicyclic amines) is 1. The van der Waals surface area contributed by atoms with E-state index < -0.39 is 29.6 Å². The summed E-state index contributed by atoms with van der Waals surface area (Å²) in [5, 5.41) is 9.78. The quantitative estimate of drug-likeness (QED) is 0.207. The average Bonchev–Trinajstić information content (AvgIpc) is 3.69. The summed E-state index contributed by atoms with van der Waals surface area (Å²) in [4.78, 5) is 48.7. The Morgan fingerprint density at radius 3 is 2.46 bits per heavy atom. The van der Waals surface area contributed by atoms with Gasteiger partial charge in [0, 0.05) is 31.9 Å². The SMILES string of the molecule is C=CCN(C(=O)[C@@H]1[C@H]2C(=O)N(CCCCCO)C(C(=O)N(CC=C)c3c(C)cccc3Cl)C23CC[C@H]1O3)c1ccc(OCC)cc1. The molecule has 3 fully saturated rings. The van der Waals surface area contributed by atoms with E-state index >= 15 is 0 Å². The number of rotatable bonds is 15. The van der Waals surface area contributed by atoms with E-state index in [-0.39, 0.29) is 37.4 Å². The standard InChI is InChI=1S/C36H44ClN3O6/c1-5-20-38(25-14-16-26(17-15-25)45-7-3)33(42)29-28-18-19-36(46-28)30(29)34(43)40(22-9-8-10-23-41)32(36)35(44)39(21-6-2)31-24(4)12-11-13-27(31)37/h5-6,11-17,28-30,32,41H,1-2,7-10,18-23H2,3-4H3/t28-,29+,30+,32?,36?/m1/s1. The van der Waals surface area contributed by atoms with Crippen LogP contribution in [-0.2, 0) is 19.1 Å². The molecule has 246 valence electrons. The summed E-state index contributed by atoms with van der Waals surface area (Å²) in [7, 11) is 0. The summed E-state index contributed by atoms with van der Waals surface area (Å²) in [5.41, 5.74) is 0.879. The lowest BCUT2D eigenvalue weighted by atomic mass is 9.70. The van der Waals surface area contributed by atoms with Crippen LogP contribution >= 0.6 is 11.6 Å².